The molecule has 1 heterocycles. The highest BCUT2D eigenvalue weighted by Gasteiger charge is 2.29. The molecule has 2 N–H and O–H groups in total. The van der Waals surface area contributed by atoms with Crippen molar-refractivity contribution >= 4 is 23.5 Å². The molecule has 0 radical (unpaired) electrons. The van der Waals surface area contributed by atoms with Crippen molar-refractivity contribution < 1.29 is 24.2 Å². The molecule has 0 fully saturated rings. The Balaban J connectivity index is 1.41. The highest BCUT2D eigenvalue weighted by Crippen LogP contribution is 2.41. The van der Waals surface area contributed by atoms with Crippen LogP contribution in [-0.2, 0) is 4.79 Å². The lowest BCUT2D eigenvalue weighted by atomic mass is 9.93. The molecule has 1 aliphatic heterocycles. The van der Waals surface area contributed by atoms with Gasteiger partial charge in [0.25, 0.3) is 5.91 Å². The third kappa shape index (κ3) is 5.34. The summed E-state index contributed by atoms with van der Waals surface area (Å²) >= 11 is 6.36. The second-order valence-corrected chi connectivity index (χ2v) is 8.61. The Bertz CT molecular complexity index is 1160. The Morgan fingerprint density at radius 1 is 1.15 bits per heavy atom. The number of nitrogens with one attached hydrogen (secondary N) is 1. The molecule has 0 bridgehead atoms. The van der Waals surface area contributed by atoms with Crippen LogP contribution in [-0.4, -0.2) is 30.1 Å². The van der Waals surface area contributed by atoms with Gasteiger partial charge in [-0.05, 0) is 48.7 Å². The van der Waals surface area contributed by atoms with Crippen LogP contribution >= 0.6 is 11.6 Å². The second kappa shape index (κ2) is 10.6. The smallest absolute Gasteiger partial charge is 0.311 e. The molecule has 1 aliphatic rings. The van der Waals surface area contributed by atoms with Crippen molar-refractivity contribution in [2.75, 3.05) is 13.2 Å². The van der Waals surface area contributed by atoms with Gasteiger partial charge in [-0.15, -0.1) is 0 Å². The monoisotopic (exact) mass is 479 g/mol. The number of halogens is 1. The summed E-state index contributed by atoms with van der Waals surface area (Å²) in [7, 11) is 0. The van der Waals surface area contributed by atoms with Gasteiger partial charge in [0.15, 0.2) is 0 Å². The van der Waals surface area contributed by atoms with Gasteiger partial charge in [-0.2, -0.15) is 0 Å². The fourth-order valence-electron chi connectivity index (χ4n) is 4.07. The van der Waals surface area contributed by atoms with Crippen molar-refractivity contribution in [3.63, 3.8) is 0 Å². The first-order valence-corrected chi connectivity index (χ1v) is 11.6. The number of carbonyl (C=O) groups excluding carboxylic acids is 1. The molecule has 4 rings (SSSR count). The number of amides is 1. The minimum Gasteiger partial charge on any atom is -0.493 e. The summed E-state index contributed by atoms with van der Waals surface area (Å²) in [5.74, 6) is -0.142. The molecule has 2 atom stereocenters. The molecule has 7 heteroatoms. The van der Waals surface area contributed by atoms with E-state index in [2.05, 4.69) is 24.4 Å². The number of carboxylic acid groups (broad SMARTS) is 1. The number of fused-ring (bicyclic) bond motifs is 1. The zero-order chi connectivity index (χ0) is 24.1. The summed E-state index contributed by atoms with van der Waals surface area (Å²) in [6.07, 6.45) is 1.32. The van der Waals surface area contributed by atoms with Gasteiger partial charge in [-0.3, -0.25) is 9.59 Å². The van der Waals surface area contributed by atoms with Crippen LogP contribution in [0.25, 0.3) is 0 Å². The quantitative estimate of drug-likeness (QED) is 0.413. The number of ether oxygens (including phenoxy) is 2. The summed E-state index contributed by atoms with van der Waals surface area (Å²) in [4.78, 5) is 24.1. The van der Waals surface area contributed by atoms with E-state index in [1.165, 1.54) is 5.56 Å². The molecule has 0 aliphatic carbocycles. The number of hydrogen-bond acceptors (Lipinski definition) is 4. The van der Waals surface area contributed by atoms with Crippen LogP contribution in [0.4, 0.5) is 0 Å². The fraction of sp³-hybridized carbons (Fsp3) is 0.259. The molecular formula is C27H26ClNO5. The summed E-state index contributed by atoms with van der Waals surface area (Å²) in [5.41, 5.74) is 2.28. The number of benzene rings is 3. The normalized spacial score (nSPS) is 15.5. The van der Waals surface area contributed by atoms with Crippen LogP contribution in [0.15, 0.2) is 66.7 Å². The first kappa shape index (κ1) is 23.6. The van der Waals surface area contributed by atoms with Gasteiger partial charge in [-0.1, -0.05) is 48.9 Å². The van der Waals surface area contributed by atoms with Gasteiger partial charge in [0, 0.05) is 29.7 Å². The molecule has 2 unspecified atom stereocenters. The third-order valence-corrected chi connectivity index (χ3v) is 6.31. The Labute approximate surface area is 203 Å². The molecule has 0 saturated heterocycles. The van der Waals surface area contributed by atoms with Gasteiger partial charge >= 0.3 is 5.97 Å². The van der Waals surface area contributed by atoms with Crippen LogP contribution in [0.3, 0.4) is 0 Å². The Kier molecular flexibility index (Phi) is 7.38. The molecule has 3 aromatic carbocycles. The average molecular weight is 480 g/mol. The van der Waals surface area contributed by atoms with E-state index in [4.69, 9.17) is 21.1 Å². The third-order valence-electron chi connectivity index (χ3n) is 6.02. The van der Waals surface area contributed by atoms with Crippen molar-refractivity contribution in [1.29, 1.82) is 0 Å². The van der Waals surface area contributed by atoms with Crippen LogP contribution in [0.2, 0.25) is 5.02 Å². The van der Waals surface area contributed by atoms with Gasteiger partial charge in [0.2, 0.25) is 0 Å². The average Bonchev–Trinajstić information content (AvgIpc) is 2.85. The molecule has 0 aromatic heterocycles. The van der Waals surface area contributed by atoms with Crippen molar-refractivity contribution in [3.05, 3.63) is 88.4 Å². The van der Waals surface area contributed by atoms with Gasteiger partial charge in [0.05, 0.1) is 17.5 Å². The summed E-state index contributed by atoms with van der Waals surface area (Å²) in [5, 5.41) is 12.7. The molecular weight excluding hydrogens is 454 g/mol. The maximum atomic E-state index is 12.6. The van der Waals surface area contributed by atoms with Crippen LogP contribution < -0.4 is 14.8 Å². The van der Waals surface area contributed by atoms with E-state index in [9.17, 15) is 14.7 Å². The Morgan fingerprint density at radius 2 is 1.88 bits per heavy atom. The number of carboxylic acids is 1. The van der Waals surface area contributed by atoms with E-state index in [1.54, 1.807) is 36.4 Å². The van der Waals surface area contributed by atoms with Gasteiger partial charge in [-0.25, -0.2) is 0 Å². The first-order valence-electron chi connectivity index (χ1n) is 11.3. The molecule has 176 valence electrons. The van der Waals surface area contributed by atoms with Crippen molar-refractivity contribution in [2.24, 2.45) is 0 Å². The van der Waals surface area contributed by atoms with Crippen molar-refractivity contribution in [1.82, 2.24) is 5.32 Å². The van der Waals surface area contributed by atoms with Crippen molar-refractivity contribution in [2.45, 2.75) is 31.6 Å². The van der Waals surface area contributed by atoms with Crippen LogP contribution in [0.5, 0.6) is 17.2 Å². The Hall–Kier alpha value is -3.51. The lowest BCUT2D eigenvalue weighted by molar-refractivity contribution is -0.139. The highest BCUT2D eigenvalue weighted by atomic mass is 35.5. The van der Waals surface area contributed by atoms with Crippen LogP contribution in [0, 0.1) is 0 Å². The molecule has 0 saturated carbocycles. The SMILES string of the molecule is CCC(CNC(=O)c1ccc(Oc2cc3c(cc2Cl)C(C(=O)O)CCO3)cc1)c1ccccc1. The summed E-state index contributed by atoms with van der Waals surface area (Å²) < 4.78 is 11.5. The lowest BCUT2D eigenvalue weighted by Crippen LogP contribution is -2.28. The first-order chi connectivity index (χ1) is 16.5. The fourth-order valence-corrected chi connectivity index (χ4v) is 4.28. The van der Waals surface area contributed by atoms with Gasteiger partial charge in [0.1, 0.15) is 17.2 Å². The van der Waals surface area contributed by atoms with Gasteiger partial charge < -0.3 is 19.9 Å². The maximum absolute atomic E-state index is 12.6. The molecule has 3 aromatic rings. The van der Waals surface area contributed by atoms with E-state index in [0.717, 1.165) is 6.42 Å². The summed E-state index contributed by atoms with van der Waals surface area (Å²) in [6.45, 7) is 2.98. The number of hydrogen-bond donors (Lipinski definition) is 2. The minimum absolute atomic E-state index is 0.152. The largest absolute Gasteiger partial charge is 0.493 e. The number of rotatable bonds is 8. The van der Waals surface area contributed by atoms with E-state index < -0.39 is 11.9 Å². The highest BCUT2D eigenvalue weighted by molar-refractivity contribution is 6.32. The standard InChI is InChI=1S/C27H26ClNO5/c1-2-17(18-6-4-3-5-7-18)16-29-26(30)19-8-10-20(11-9-19)34-25-15-24-22(14-23(25)28)21(27(31)32)12-13-33-24/h3-11,14-15,17,21H,2,12-13,16H2,1H3,(H,29,30)(H,31,32). The van der Waals surface area contributed by atoms with Crippen molar-refractivity contribution in [3.8, 4) is 17.2 Å². The predicted molar refractivity (Wildman–Crippen MR) is 130 cm³/mol. The minimum atomic E-state index is -0.905. The van der Waals surface area contributed by atoms with E-state index in [1.807, 2.05) is 18.2 Å². The molecule has 6 nitrogen and oxygen atoms in total. The topological polar surface area (TPSA) is 84.9 Å². The predicted octanol–water partition coefficient (Wildman–Crippen LogP) is 6.01. The Morgan fingerprint density at radius 3 is 2.56 bits per heavy atom. The van der Waals surface area contributed by atoms with Crippen LogP contribution in [0.1, 0.15) is 53.1 Å². The van der Waals surface area contributed by atoms with E-state index >= 15 is 0 Å². The summed E-state index contributed by atoms with van der Waals surface area (Å²) in [6, 6.07) is 20.1. The molecule has 1 amide bonds. The second-order valence-electron chi connectivity index (χ2n) is 8.20. The molecule has 34 heavy (non-hydrogen) atoms. The zero-order valence-corrected chi connectivity index (χ0v) is 19.5. The number of carbonyl (C=O) groups is 2. The van der Waals surface area contributed by atoms with E-state index in [-0.39, 0.29) is 11.8 Å². The van der Waals surface area contributed by atoms with E-state index in [0.29, 0.717) is 53.0 Å². The lowest BCUT2D eigenvalue weighted by Gasteiger charge is -2.24. The maximum Gasteiger partial charge on any atom is 0.311 e. The number of aliphatic carboxylic acids is 1. The molecule has 0 spiro atoms. The zero-order valence-electron chi connectivity index (χ0n) is 18.8.